The van der Waals surface area contributed by atoms with Crippen LogP contribution in [0.2, 0.25) is 0 Å². The average Bonchev–Trinajstić information content (AvgIpc) is 1.94. The summed E-state index contributed by atoms with van der Waals surface area (Å²) >= 11 is 0. The lowest BCUT2D eigenvalue weighted by molar-refractivity contribution is 0.596. The minimum Gasteiger partial charge on any atom is -0.313 e. The van der Waals surface area contributed by atoms with Crippen LogP contribution in [0.25, 0.3) is 0 Å². The van der Waals surface area contributed by atoms with Crippen molar-refractivity contribution in [2.75, 3.05) is 25.1 Å². The highest BCUT2D eigenvalue weighted by atomic mass is 32.2. The van der Waals surface area contributed by atoms with Gasteiger partial charge in [-0.1, -0.05) is 12.2 Å². The molecule has 0 bridgehead atoms. The summed E-state index contributed by atoms with van der Waals surface area (Å²) in [7, 11) is -2.77. The van der Waals surface area contributed by atoms with E-state index in [-0.39, 0.29) is 5.75 Å². The van der Waals surface area contributed by atoms with Gasteiger partial charge in [0, 0.05) is 12.8 Å². The molecule has 0 amide bonds. The Morgan fingerprint density at radius 3 is 2.58 bits per heavy atom. The fraction of sp³-hybridized carbons (Fsp3) is 0.750. The van der Waals surface area contributed by atoms with E-state index in [4.69, 9.17) is 0 Å². The van der Waals surface area contributed by atoms with Crippen LogP contribution in [0.3, 0.4) is 0 Å². The standard InChI is InChI=1S/C8H17NO2S/c1-3-4-6-9-7-5-8-12(2,10)11/h3-4,9H,5-8H2,1-2H3/b4-3+. The molecule has 0 rings (SSSR count). The zero-order chi connectivity index (χ0) is 9.45. The van der Waals surface area contributed by atoms with Crippen molar-refractivity contribution < 1.29 is 8.42 Å². The van der Waals surface area contributed by atoms with Gasteiger partial charge in [-0.2, -0.15) is 0 Å². The topological polar surface area (TPSA) is 46.2 Å². The highest BCUT2D eigenvalue weighted by Crippen LogP contribution is 1.86. The molecule has 0 aromatic heterocycles. The molecule has 0 aliphatic heterocycles. The van der Waals surface area contributed by atoms with Gasteiger partial charge in [-0.3, -0.25) is 0 Å². The predicted octanol–water partition coefficient (Wildman–Crippen LogP) is 0.587. The molecular formula is C8H17NO2S. The maximum Gasteiger partial charge on any atom is 0.147 e. The first-order valence-corrected chi connectivity index (χ1v) is 6.12. The number of allylic oxidation sites excluding steroid dienone is 1. The van der Waals surface area contributed by atoms with E-state index in [1.807, 2.05) is 19.1 Å². The number of hydrogen-bond acceptors (Lipinski definition) is 3. The lowest BCUT2D eigenvalue weighted by Crippen LogP contribution is -2.18. The van der Waals surface area contributed by atoms with Gasteiger partial charge < -0.3 is 5.32 Å². The molecule has 4 heteroatoms. The van der Waals surface area contributed by atoms with Crippen molar-refractivity contribution in [1.29, 1.82) is 0 Å². The molecule has 0 aromatic carbocycles. The smallest absolute Gasteiger partial charge is 0.147 e. The van der Waals surface area contributed by atoms with Gasteiger partial charge in [0.05, 0.1) is 5.75 Å². The van der Waals surface area contributed by atoms with Crippen LogP contribution >= 0.6 is 0 Å². The third-order valence-corrected chi connectivity index (χ3v) is 2.40. The summed E-state index contributed by atoms with van der Waals surface area (Å²) in [5.41, 5.74) is 0. The average molecular weight is 191 g/mol. The summed E-state index contributed by atoms with van der Waals surface area (Å²) in [5, 5.41) is 3.11. The van der Waals surface area contributed by atoms with Crippen molar-refractivity contribution >= 4 is 9.84 Å². The van der Waals surface area contributed by atoms with Crippen molar-refractivity contribution in [2.24, 2.45) is 0 Å². The molecule has 0 atom stereocenters. The molecule has 1 N–H and O–H groups in total. The van der Waals surface area contributed by atoms with E-state index in [1.54, 1.807) is 0 Å². The lowest BCUT2D eigenvalue weighted by atomic mass is 10.4. The molecular weight excluding hydrogens is 174 g/mol. The maximum absolute atomic E-state index is 10.7. The van der Waals surface area contributed by atoms with Crippen molar-refractivity contribution in [2.45, 2.75) is 13.3 Å². The van der Waals surface area contributed by atoms with Gasteiger partial charge in [0.15, 0.2) is 0 Å². The zero-order valence-electron chi connectivity index (χ0n) is 7.71. The monoisotopic (exact) mass is 191 g/mol. The fourth-order valence-corrected chi connectivity index (χ4v) is 1.43. The quantitative estimate of drug-likeness (QED) is 0.493. The zero-order valence-corrected chi connectivity index (χ0v) is 8.52. The normalized spacial score (nSPS) is 12.5. The number of hydrogen-bond donors (Lipinski definition) is 1. The first kappa shape index (κ1) is 11.6. The van der Waals surface area contributed by atoms with E-state index < -0.39 is 9.84 Å². The van der Waals surface area contributed by atoms with Crippen LogP contribution in [-0.2, 0) is 9.84 Å². The van der Waals surface area contributed by atoms with Crippen LogP contribution in [-0.4, -0.2) is 33.5 Å². The third kappa shape index (κ3) is 9.65. The minimum atomic E-state index is -2.77. The Kier molecular flexibility index (Phi) is 6.02. The second-order valence-corrected chi connectivity index (χ2v) is 5.02. The van der Waals surface area contributed by atoms with Gasteiger partial charge in [0.2, 0.25) is 0 Å². The minimum absolute atomic E-state index is 0.274. The molecule has 0 fully saturated rings. The molecule has 12 heavy (non-hydrogen) atoms. The molecule has 0 aliphatic carbocycles. The van der Waals surface area contributed by atoms with Gasteiger partial charge in [0.25, 0.3) is 0 Å². The van der Waals surface area contributed by atoms with E-state index in [0.717, 1.165) is 13.1 Å². The third-order valence-electron chi connectivity index (χ3n) is 1.37. The number of sulfone groups is 1. The molecule has 0 aromatic rings. The Bertz CT molecular complexity index is 219. The first-order chi connectivity index (χ1) is 5.56. The van der Waals surface area contributed by atoms with Crippen LogP contribution in [0.4, 0.5) is 0 Å². The lowest BCUT2D eigenvalue weighted by Gasteiger charge is -1.99. The summed E-state index contributed by atoms with van der Waals surface area (Å²) < 4.78 is 21.4. The molecule has 0 saturated carbocycles. The van der Waals surface area contributed by atoms with E-state index in [0.29, 0.717) is 6.42 Å². The Morgan fingerprint density at radius 1 is 1.42 bits per heavy atom. The second kappa shape index (κ2) is 6.20. The molecule has 0 spiro atoms. The van der Waals surface area contributed by atoms with Gasteiger partial charge in [0.1, 0.15) is 9.84 Å². The molecule has 0 radical (unpaired) electrons. The Morgan fingerprint density at radius 2 is 2.08 bits per heavy atom. The summed E-state index contributed by atoms with van der Waals surface area (Å²) in [5.74, 6) is 0.274. The van der Waals surface area contributed by atoms with Crippen molar-refractivity contribution in [3.8, 4) is 0 Å². The van der Waals surface area contributed by atoms with E-state index in [9.17, 15) is 8.42 Å². The highest BCUT2D eigenvalue weighted by molar-refractivity contribution is 7.90. The SMILES string of the molecule is C/C=C/CNCCCS(C)(=O)=O. The first-order valence-electron chi connectivity index (χ1n) is 4.06. The predicted molar refractivity (Wildman–Crippen MR) is 52.0 cm³/mol. The fourth-order valence-electron chi connectivity index (χ4n) is 0.763. The molecule has 0 saturated heterocycles. The molecule has 0 unspecified atom stereocenters. The van der Waals surface area contributed by atoms with Crippen molar-refractivity contribution in [1.82, 2.24) is 5.32 Å². The summed E-state index contributed by atoms with van der Waals surface area (Å²) in [6, 6.07) is 0. The van der Waals surface area contributed by atoms with Crippen LogP contribution < -0.4 is 5.32 Å². The van der Waals surface area contributed by atoms with Crippen LogP contribution in [0.1, 0.15) is 13.3 Å². The maximum atomic E-state index is 10.7. The van der Waals surface area contributed by atoms with Crippen LogP contribution in [0, 0.1) is 0 Å². The Hall–Kier alpha value is -0.350. The van der Waals surface area contributed by atoms with E-state index in [1.165, 1.54) is 6.26 Å². The Balaban J connectivity index is 3.23. The van der Waals surface area contributed by atoms with Crippen LogP contribution in [0.5, 0.6) is 0 Å². The summed E-state index contributed by atoms with van der Waals surface area (Å²) in [6.45, 7) is 3.54. The Labute approximate surface area is 74.8 Å². The summed E-state index contributed by atoms with van der Waals surface area (Å²) in [6.07, 6.45) is 5.92. The van der Waals surface area contributed by atoms with Crippen LogP contribution in [0.15, 0.2) is 12.2 Å². The highest BCUT2D eigenvalue weighted by Gasteiger charge is 1.99. The molecule has 3 nitrogen and oxygen atoms in total. The summed E-state index contributed by atoms with van der Waals surface area (Å²) in [4.78, 5) is 0. The molecule has 0 aliphatic rings. The number of rotatable bonds is 6. The number of nitrogens with one attached hydrogen (secondary N) is 1. The van der Waals surface area contributed by atoms with Crippen molar-refractivity contribution in [3.05, 3.63) is 12.2 Å². The van der Waals surface area contributed by atoms with Crippen molar-refractivity contribution in [3.63, 3.8) is 0 Å². The molecule has 0 heterocycles. The second-order valence-electron chi connectivity index (χ2n) is 2.76. The van der Waals surface area contributed by atoms with Gasteiger partial charge in [-0.25, -0.2) is 8.42 Å². The molecule has 72 valence electrons. The van der Waals surface area contributed by atoms with Gasteiger partial charge in [-0.15, -0.1) is 0 Å². The largest absolute Gasteiger partial charge is 0.313 e. The van der Waals surface area contributed by atoms with Gasteiger partial charge >= 0.3 is 0 Å². The van der Waals surface area contributed by atoms with E-state index >= 15 is 0 Å². The van der Waals surface area contributed by atoms with E-state index in [2.05, 4.69) is 5.32 Å². The van der Waals surface area contributed by atoms with Gasteiger partial charge in [-0.05, 0) is 19.9 Å².